The van der Waals surface area contributed by atoms with Crippen molar-refractivity contribution in [3.05, 3.63) is 30.3 Å². The molecule has 1 nitrogen and oxygen atoms in total. The van der Waals surface area contributed by atoms with Crippen molar-refractivity contribution in [3.8, 4) is 0 Å². The molecule has 0 bridgehead atoms. The van der Waals surface area contributed by atoms with Crippen LogP contribution in [0.5, 0.6) is 0 Å². The summed E-state index contributed by atoms with van der Waals surface area (Å²) >= 11 is 0. The average Bonchev–Trinajstić information content (AvgIpc) is 2.30. The molecule has 1 aromatic rings. The Morgan fingerprint density at radius 3 is 2.20 bits per heavy atom. The van der Waals surface area contributed by atoms with E-state index in [0.717, 1.165) is 0 Å². The zero-order chi connectivity index (χ0) is 10.7. The molecule has 0 atom stereocenters. The van der Waals surface area contributed by atoms with Gasteiger partial charge in [-0.15, -0.1) is 0 Å². The highest BCUT2D eigenvalue weighted by molar-refractivity contribution is 5.47. The van der Waals surface area contributed by atoms with Crippen LogP contribution in [0.4, 0.5) is 5.69 Å². The number of benzene rings is 1. The van der Waals surface area contributed by atoms with E-state index in [1.165, 1.54) is 37.8 Å². The molecule has 1 aliphatic rings. The second kappa shape index (κ2) is 4.26. The smallest absolute Gasteiger partial charge is 0.0371 e. The number of anilines is 1. The molecule has 1 fully saturated rings. The number of hydrogen-bond acceptors (Lipinski definition) is 1. The highest BCUT2D eigenvalue weighted by Gasteiger charge is 2.30. The van der Waals surface area contributed by atoms with Crippen molar-refractivity contribution >= 4 is 5.69 Å². The van der Waals surface area contributed by atoms with E-state index in [1.54, 1.807) is 0 Å². The summed E-state index contributed by atoms with van der Waals surface area (Å²) in [5.74, 6) is 0. The molecule has 2 rings (SSSR count). The first-order valence-electron chi connectivity index (χ1n) is 6.01. The van der Waals surface area contributed by atoms with Crippen LogP contribution in [0, 0.1) is 0 Å². The fourth-order valence-electron chi connectivity index (χ4n) is 2.61. The third-order valence-electron chi connectivity index (χ3n) is 3.88. The van der Waals surface area contributed by atoms with E-state index in [-0.39, 0.29) is 0 Å². The van der Waals surface area contributed by atoms with Gasteiger partial charge < -0.3 is 4.90 Å². The fraction of sp³-hybridized carbons (Fsp3) is 0.571. The van der Waals surface area contributed by atoms with Crippen LogP contribution in [0.25, 0.3) is 0 Å². The lowest BCUT2D eigenvalue weighted by Gasteiger charge is -2.43. The highest BCUT2D eigenvalue weighted by atomic mass is 15.2. The van der Waals surface area contributed by atoms with Crippen molar-refractivity contribution in [1.82, 2.24) is 0 Å². The van der Waals surface area contributed by atoms with Gasteiger partial charge in [-0.25, -0.2) is 0 Å². The van der Waals surface area contributed by atoms with Crippen LogP contribution in [0.2, 0.25) is 0 Å². The van der Waals surface area contributed by atoms with Gasteiger partial charge in [-0.05, 0) is 31.9 Å². The number of hydrogen-bond donors (Lipinski definition) is 0. The predicted octanol–water partition coefficient (Wildman–Crippen LogP) is 3.85. The first-order chi connectivity index (χ1) is 7.22. The van der Waals surface area contributed by atoms with Crippen molar-refractivity contribution in [2.24, 2.45) is 0 Å². The van der Waals surface area contributed by atoms with Crippen LogP contribution in [0.15, 0.2) is 30.3 Å². The summed E-state index contributed by atoms with van der Waals surface area (Å²) in [4.78, 5) is 2.46. The van der Waals surface area contributed by atoms with Gasteiger partial charge in [0.1, 0.15) is 0 Å². The maximum absolute atomic E-state index is 2.46. The fourth-order valence-corrected chi connectivity index (χ4v) is 2.61. The van der Waals surface area contributed by atoms with Crippen molar-refractivity contribution in [2.75, 3.05) is 11.9 Å². The number of rotatable bonds is 2. The molecule has 0 unspecified atom stereocenters. The molecule has 1 saturated carbocycles. The molecule has 15 heavy (non-hydrogen) atoms. The molecule has 0 radical (unpaired) electrons. The molecule has 1 aliphatic carbocycles. The van der Waals surface area contributed by atoms with E-state index in [9.17, 15) is 0 Å². The average molecular weight is 203 g/mol. The molecule has 0 amide bonds. The molecule has 1 aromatic carbocycles. The predicted molar refractivity (Wildman–Crippen MR) is 66.3 cm³/mol. The molecular formula is C14H21N. The summed E-state index contributed by atoms with van der Waals surface area (Å²) in [7, 11) is 2.24. The summed E-state index contributed by atoms with van der Waals surface area (Å²) in [5.41, 5.74) is 1.72. The van der Waals surface area contributed by atoms with Crippen LogP contribution in [0.3, 0.4) is 0 Å². The van der Waals surface area contributed by atoms with Gasteiger partial charge in [-0.1, -0.05) is 37.5 Å². The zero-order valence-electron chi connectivity index (χ0n) is 9.87. The maximum atomic E-state index is 2.46. The molecule has 0 N–H and O–H groups in total. The summed E-state index contributed by atoms with van der Waals surface area (Å²) in [5, 5.41) is 0. The van der Waals surface area contributed by atoms with Gasteiger partial charge in [0.2, 0.25) is 0 Å². The van der Waals surface area contributed by atoms with Gasteiger partial charge in [0.05, 0.1) is 0 Å². The lowest BCUT2D eigenvalue weighted by atomic mass is 9.82. The lowest BCUT2D eigenvalue weighted by molar-refractivity contribution is 0.309. The van der Waals surface area contributed by atoms with Gasteiger partial charge in [0, 0.05) is 18.3 Å². The number of nitrogens with zero attached hydrogens (tertiary/aromatic N) is 1. The molecule has 0 heterocycles. The van der Waals surface area contributed by atoms with E-state index in [2.05, 4.69) is 49.2 Å². The second-order valence-electron chi connectivity index (χ2n) is 4.95. The number of para-hydroxylation sites is 1. The monoisotopic (exact) mass is 203 g/mol. The molecule has 0 aromatic heterocycles. The van der Waals surface area contributed by atoms with Crippen molar-refractivity contribution < 1.29 is 0 Å². The molecule has 0 aliphatic heterocycles. The molecule has 1 heteroatoms. The van der Waals surface area contributed by atoms with Crippen LogP contribution in [-0.4, -0.2) is 12.6 Å². The Morgan fingerprint density at radius 1 is 1.00 bits per heavy atom. The van der Waals surface area contributed by atoms with Crippen LogP contribution < -0.4 is 4.90 Å². The zero-order valence-corrected chi connectivity index (χ0v) is 9.87. The highest BCUT2D eigenvalue weighted by Crippen LogP contribution is 2.35. The first kappa shape index (κ1) is 10.5. The topological polar surface area (TPSA) is 3.24 Å². The Hall–Kier alpha value is -0.980. The third kappa shape index (κ3) is 2.17. The SMILES string of the molecule is CN(c1ccccc1)C1(C)CCCCC1. The molecule has 0 spiro atoms. The molecule has 82 valence electrons. The Balaban J connectivity index is 2.16. The van der Waals surface area contributed by atoms with E-state index >= 15 is 0 Å². The van der Waals surface area contributed by atoms with Gasteiger partial charge in [0.15, 0.2) is 0 Å². The minimum atomic E-state index is 0.375. The van der Waals surface area contributed by atoms with Crippen LogP contribution in [-0.2, 0) is 0 Å². The first-order valence-corrected chi connectivity index (χ1v) is 6.01. The summed E-state index contributed by atoms with van der Waals surface area (Å²) < 4.78 is 0. The summed E-state index contributed by atoms with van der Waals surface area (Å²) in [6, 6.07) is 10.7. The summed E-state index contributed by atoms with van der Waals surface area (Å²) in [6.07, 6.45) is 6.84. The van der Waals surface area contributed by atoms with Crippen molar-refractivity contribution in [3.63, 3.8) is 0 Å². The van der Waals surface area contributed by atoms with Gasteiger partial charge in [-0.2, -0.15) is 0 Å². The normalized spacial score (nSPS) is 19.9. The third-order valence-corrected chi connectivity index (χ3v) is 3.88. The van der Waals surface area contributed by atoms with Gasteiger partial charge >= 0.3 is 0 Å². The largest absolute Gasteiger partial charge is 0.369 e. The quantitative estimate of drug-likeness (QED) is 0.705. The molecular weight excluding hydrogens is 182 g/mol. The molecule has 0 saturated heterocycles. The van der Waals surface area contributed by atoms with Crippen molar-refractivity contribution in [1.29, 1.82) is 0 Å². The maximum Gasteiger partial charge on any atom is 0.0371 e. The summed E-state index contributed by atoms with van der Waals surface area (Å²) in [6.45, 7) is 2.40. The Kier molecular flexibility index (Phi) is 2.99. The van der Waals surface area contributed by atoms with E-state index < -0.39 is 0 Å². The Morgan fingerprint density at radius 2 is 1.60 bits per heavy atom. The lowest BCUT2D eigenvalue weighted by Crippen LogP contribution is -2.45. The van der Waals surface area contributed by atoms with E-state index in [4.69, 9.17) is 0 Å². The van der Waals surface area contributed by atoms with Crippen LogP contribution >= 0.6 is 0 Å². The van der Waals surface area contributed by atoms with Gasteiger partial charge in [-0.3, -0.25) is 0 Å². The van der Waals surface area contributed by atoms with Crippen LogP contribution in [0.1, 0.15) is 39.0 Å². The Bertz CT molecular complexity index is 298. The van der Waals surface area contributed by atoms with Gasteiger partial charge in [0.25, 0.3) is 0 Å². The minimum Gasteiger partial charge on any atom is -0.369 e. The standard InChI is InChI=1S/C14H21N/c1-14(11-7-4-8-12-14)15(2)13-9-5-3-6-10-13/h3,5-6,9-10H,4,7-8,11-12H2,1-2H3. The Labute approximate surface area is 93.1 Å². The second-order valence-corrected chi connectivity index (χ2v) is 4.95. The van der Waals surface area contributed by atoms with E-state index in [0.29, 0.717) is 5.54 Å². The van der Waals surface area contributed by atoms with Crippen molar-refractivity contribution in [2.45, 2.75) is 44.6 Å². The van der Waals surface area contributed by atoms with E-state index in [1.807, 2.05) is 0 Å². The minimum absolute atomic E-state index is 0.375.